The van der Waals surface area contributed by atoms with Crippen LogP contribution in [0.1, 0.15) is 0 Å². The number of hydrogen-bond donors (Lipinski definition) is 0. The molecular weight excluding hydrogens is 176 g/mol. The second-order valence-corrected chi connectivity index (χ2v) is 4.16. The molecule has 2 unspecified atom stereocenters. The van der Waals surface area contributed by atoms with E-state index in [0.717, 1.165) is 23.7 Å². The van der Waals surface area contributed by atoms with Crippen molar-refractivity contribution in [1.29, 1.82) is 0 Å². The van der Waals surface area contributed by atoms with Crippen LogP contribution in [0.4, 0.5) is 0 Å². The van der Waals surface area contributed by atoms with Crippen LogP contribution >= 0.6 is 0 Å². The zero-order chi connectivity index (χ0) is 9.71. The Morgan fingerprint density at radius 3 is 1.93 bits per heavy atom. The SMILES string of the molecule is O=CC1=CC2C3C=CC1C(C=O)=CC32. The summed E-state index contributed by atoms with van der Waals surface area (Å²) < 4.78 is 0. The van der Waals surface area contributed by atoms with Gasteiger partial charge < -0.3 is 0 Å². The van der Waals surface area contributed by atoms with E-state index >= 15 is 0 Å². The molecule has 14 heavy (non-hydrogen) atoms. The highest BCUT2D eigenvalue weighted by atomic mass is 16.1. The second kappa shape index (κ2) is 2.53. The zero-order valence-electron chi connectivity index (χ0n) is 7.59. The standard InChI is InChI=1S/C12H10O2/c13-5-7-3-11-10-2-1-9(7)8(6-14)4-12(10)11/h1-6,9-12H. The molecule has 0 radical (unpaired) electrons. The largest absolute Gasteiger partial charge is 0.298 e. The van der Waals surface area contributed by atoms with Crippen molar-refractivity contribution in [3.8, 4) is 0 Å². The van der Waals surface area contributed by atoms with Crippen LogP contribution in [-0.4, -0.2) is 12.6 Å². The van der Waals surface area contributed by atoms with E-state index in [2.05, 4.69) is 6.08 Å². The van der Waals surface area contributed by atoms with Crippen LogP contribution in [0.5, 0.6) is 0 Å². The Morgan fingerprint density at radius 2 is 1.43 bits per heavy atom. The van der Waals surface area contributed by atoms with Gasteiger partial charge in [-0.1, -0.05) is 24.3 Å². The van der Waals surface area contributed by atoms with Gasteiger partial charge in [-0.05, 0) is 28.9 Å². The number of carbonyl (C=O) groups excluding carboxylic acids is 2. The monoisotopic (exact) mass is 186 g/mol. The summed E-state index contributed by atoms with van der Waals surface area (Å²) in [6, 6.07) is 0. The first-order valence-corrected chi connectivity index (χ1v) is 4.87. The molecule has 0 aromatic carbocycles. The van der Waals surface area contributed by atoms with Gasteiger partial charge in [0.15, 0.2) is 0 Å². The first-order chi connectivity index (χ1) is 6.85. The Kier molecular flexibility index (Phi) is 1.43. The van der Waals surface area contributed by atoms with Crippen molar-refractivity contribution >= 4 is 12.6 Å². The summed E-state index contributed by atoms with van der Waals surface area (Å²) in [5, 5.41) is 0. The van der Waals surface area contributed by atoms with E-state index in [-0.39, 0.29) is 5.92 Å². The number of hydrogen-bond acceptors (Lipinski definition) is 2. The number of rotatable bonds is 2. The quantitative estimate of drug-likeness (QED) is 0.481. The Hall–Kier alpha value is -1.44. The highest BCUT2D eigenvalue weighted by molar-refractivity contribution is 5.85. The molecule has 0 N–H and O–H groups in total. The molecule has 0 heterocycles. The van der Waals surface area contributed by atoms with E-state index in [9.17, 15) is 9.59 Å². The minimum Gasteiger partial charge on any atom is -0.298 e. The fraction of sp³-hybridized carbons (Fsp3) is 0.333. The predicted octanol–water partition coefficient (Wildman–Crippen LogP) is 1.30. The van der Waals surface area contributed by atoms with Crippen LogP contribution < -0.4 is 0 Å². The van der Waals surface area contributed by atoms with Gasteiger partial charge in [0.25, 0.3) is 0 Å². The van der Waals surface area contributed by atoms with Crippen molar-refractivity contribution < 1.29 is 9.59 Å². The first kappa shape index (κ1) is 7.92. The molecule has 1 fully saturated rings. The van der Waals surface area contributed by atoms with Crippen molar-refractivity contribution in [2.75, 3.05) is 0 Å². The fourth-order valence-electron chi connectivity index (χ4n) is 2.62. The van der Waals surface area contributed by atoms with Gasteiger partial charge in [-0.15, -0.1) is 0 Å². The lowest BCUT2D eigenvalue weighted by Gasteiger charge is -2.09. The number of aldehydes is 2. The number of allylic oxidation sites excluding steroid dienone is 6. The third-order valence-corrected chi connectivity index (χ3v) is 3.48. The van der Waals surface area contributed by atoms with E-state index in [1.807, 2.05) is 18.2 Å². The summed E-state index contributed by atoms with van der Waals surface area (Å²) in [5.74, 6) is 1.39. The lowest BCUT2D eigenvalue weighted by molar-refractivity contribution is -0.105. The molecular formula is C12H10O2. The Morgan fingerprint density at radius 1 is 0.857 bits per heavy atom. The first-order valence-electron chi connectivity index (χ1n) is 4.87. The maximum atomic E-state index is 10.9. The fourth-order valence-corrected chi connectivity index (χ4v) is 2.62. The maximum absolute atomic E-state index is 10.9. The van der Waals surface area contributed by atoms with Crippen LogP contribution in [-0.2, 0) is 9.59 Å². The van der Waals surface area contributed by atoms with E-state index in [0.29, 0.717) is 17.8 Å². The third-order valence-electron chi connectivity index (χ3n) is 3.48. The molecule has 2 atom stereocenters. The summed E-state index contributed by atoms with van der Waals surface area (Å²) in [6.45, 7) is 0. The molecule has 4 rings (SSSR count). The van der Waals surface area contributed by atoms with Crippen molar-refractivity contribution in [3.05, 3.63) is 35.5 Å². The molecule has 2 nitrogen and oxygen atoms in total. The van der Waals surface area contributed by atoms with Crippen molar-refractivity contribution in [2.45, 2.75) is 0 Å². The van der Waals surface area contributed by atoms with Crippen LogP contribution in [0, 0.1) is 23.7 Å². The number of carbonyl (C=O) groups is 2. The van der Waals surface area contributed by atoms with E-state index in [1.54, 1.807) is 0 Å². The molecule has 0 spiro atoms. The molecule has 70 valence electrons. The van der Waals surface area contributed by atoms with Crippen LogP contribution in [0.15, 0.2) is 35.5 Å². The van der Waals surface area contributed by atoms with Crippen LogP contribution in [0.25, 0.3) is 0 Å². The van der Waals surface area contributed by atoms with Gasteiger partial charge >= 0.3 is 0 Å². The molecule has 0 aromatic heterocycles. The van der Waals surface area contributed by atoms with E-state index in [4.69, 9.17) is 0 Å². The van der Waals surface area contributed by atoms with Crippen molar-refractivity contribution in [1.82, 2.24) is 0 Å². The molecule has 2 heteroatoms. The average molecular weight is 186 g/mol. The van der Waals surface area contributed by atoms with Gasteiger partial charge in [0.05, 0.1) is 0 Å². The average Bonchev–Trinajstić information content (AvgIpc) is 2.93. The summed E-state index contributed by atoms with van der Waals surface area (Å²) >= 11 is 0. The lowest BCUT2D eigenvalue weighted by Crippen LogP contribution is -2.06. The van der Waals surface area contributed by atoms with Gasteiger partial charge in [-0.25, -0.2) is 0 Å². The molecule has 0 amide bonds. The minimum absolute atomic E-state index is 0.0787. The molecule has 4 aliphatic carbocycles. The predicted molar refractivity (Wildman–Crippen MR) is 51.4 cm³/mol. The van der Waals surface area contributed by atoms with Gasteiger partial charge in [0, 0.05) is 5.92 Å². The molecule has 0 aromatic rings. The normalized spacial score (nSPS) is 42.0. The van der Waals surface area contributed by atoms with Crippen molar-refractivity contribution in [3.63, 3.8) is 0 Å². The van der Waals surface area contributed by atoms with Gasteiger partial charge in [-0.2, -0.15) is 0 Å². The molecule has 0 saturated heterocycles. The van der Waals surface area contributed by atoms with Crippen LogP contribution in [0.2, 0.25) is 0 Å². The maximum Gasteiger partial charge on any atom is 0.146 e. The second-order valence-electron chi connectivity index (χ2n) is 4.16. The van der Waals surface area contributed by atoms with Gasteiger partial charge in [-0.3, -0.25) is 9.59 Å². The summed E-state index contributed by atoms with van der Waals surface area (Å²) in [6.07, 6.45) is 10.0. The summed E-state index contributed by atoms with van der Waals surface area (Å²) in [4.78, 5) is 21.8. The van der Waals surface area contributed by atoms with E-state index in [1.165, 1.54) is 0 Å². The highest BCUT2D eigenvalue weighted by Crippen LogP contribution is 2.55. The third kappa shape index (κ3) is 0.857. The smallest absolute Gasteiger partial charge is 0.146 e. The Bertz CT molecular complexity index is 369. The summed E-state index contributed by atoms with van der Waals surface area (Å²) in [7, 11) is 0. The minimum atomic E-state index is -0.0787. The molecule has 1 saturated carbocycles. The summed E-state index contributed by atoms with van der Waals surface area (Å²) in [5.41, 5.74) is 1.51. The van der Waals surface area contributed by atoms with Gasteiger partial charge in [0.1, 0.15) is 12.6 Å². The molecule has 4 aliphatic rings. The molecule has 0 aliphatic heterocycles. The topological polar surface area (TPSA) is 34.1 Å². The van der Waals surface area contributed by atoms with Crippen molar-refractivity contribution in [2.24, 2.45) is 23.7 Å². The highest BCUT2D eigenvalue weighted by Gasteiger charge is 2.49. The van der Waals surface area contributed by atoms with Gasteiger partial charge in [0.2, 0.25) is 0 Å². The Balaban J connectivity index is 2.16. The van der Waals surface area contributed by atoms with Crippen LogP contribution in [0.3, 0.4) is 0 Å². The molecule has 4 bridgehead atoms. The van der Waals surface area contributed by atoms with E-state index < -0.39 is 0 Å². The lowest BCUT2D eigenvalue weighted by atomic mass is 9.93. The Labute approximate surface area is 82.0 Å². The zero-order valence-corrected chi connectivity index (χ0v) is 7.59.